The van der Waals surface area contributed by atoms with Crippen LogP contribution in [-0.4, -0.2) is 62.8 Å². The molecule has 0 saturated carbocycles. The van der Waals surface area contributed by atoms with Crippen LogP contribution in [0, 0.1) is 5.92 Å². The average Bonchev–Trinajstić information content (AvgIpc) is 3.16. The molecule has 28 heavy (non-hydrogen) atoms. The lowest BCUT2D eigenvalue weighted by Crippen LogP contribution is -2.46. The average molecular weight is 404 g/mol. The Labute approximate surface area is 170 Å². The van der Waals surface area contributed by atoms with E-state index < -0.39 is 0 Å². The minimum Gasteiger partial charge on any atom is -0.343 e. The second-order valence-electron chi connectivity index (χ2n) is 7.03. The standard InChI is InChI=1S/C20H26ClN5O2/c1-3-24(4-2)19(27)16-8-6-10-25(13-16)20(28)18-14-26(23-22-18)12-15-7-5-9-17(21)11-15/h5,7,9,11,14,16H,3-4,6,8,10,12-13H2,1-2H3/t16-/m0/s1. The zero-order valence-corrected chi connectivity index (χ0v) is 17.1. The molecule has 1 aliphatic heterocycles. The number of piperidine rings is 1. The number of hydrogen-bond acceptors (Lipinski definition) is 4. The van der Waals surface area contributed by atoms with Gasteiger partial charge in [0.05, 0.1) is 18.7 Å². The molecule has 2 amide bonds. The van der Waals surface area contributed by atoms with E-state index in [0.717, 1.165) is 18.4 Å². The first-order valence-electron chi connectivity index (χ1n) is 9.74. The van der Waals surface area contributed by atoms with Crippen molar-refractivity contribution in [2.75, 3.05) is 26.2 Å². The normalized spacial score (nSPS) is 16.8. The highest BCUT2D eigenvalue weighted by Gasteiger charge is 2.31. The van der Waals surface area contributed by atoms with Crippen LogP contribution in [-0.2, 0) is 11.3 Å². The van der Waals surface area contributed by atoms with Crippen molar-refractivity contribution in [3.8, 4) is 0 Å². The van der Waals surface area contributed by atoms with E-state index >= 15 is 0 Å². The smallest absolute Gasteiger partial charge is 0.276 e. The van der Waals surface area contributed by atoms with Crippen molar-refractivity contribution in [3.05, 3.63) is 46.7 Å². The number of amides is 2. The lowest BCUT2D eigenvalue weighted by molar-refractivity contribution is -0.136. The Hall–Kier alpha value is -2.41. The van der Waals surface area contributed by atoms with E-state index in [1.165, 1.54) is 0 Å². The fourth-order valence-electron chi connectivity index (χ4n) is 3.61. The SMILES string of the molecule is CCN(CC)C(=O)[C@H]1CCCN(C(=O)c2cn(Cc3cccc(Cl)c3)nn2)C1. The Morgan fingerprint density at radius 3 is 2.79 bits per heavy atom. The fraction of sp³-hybridized carbons (Fsp3) is 0.500. The monoisotopic (exact) mass is 403 g/mol. The largest absolute Gasteiger partial charge is 0.343 e. The van der Waals surface area contributed by atoms with Crippen molar-refractivity contribution in [1.29, 1.82) is 0 Å². The zero-order valence-electron chi connectivity index (χ0n) is 16.3. The number of rotatable bonds is 6. The third kappa shape index (κ3) is 4.70. The predicted octanol–water partition coefficient (Wildman–Crippen LogP) is 2.70. The number of hydrogen-bond donors (Lipinski definition) is 0. The van der Waals surface area contributed by atoms with Crippen molar-refractivity contribution in [1.82, 2.24) is 24.8 Å². The first kappa shape index (κ1) is 20.3. The Balaban J connectivity index is 1.65. The summed E-state index contributed by atoms with van der Waals surface area (Å²) in [6.07, 6.45) is 3.29. The molecule has 1 aromatic heterocycles. The number of aromatic nitrogens is 3. The van der Waals surface area contributed by atoms with Crippen molar-refractivity contribution >= 4 is 23.4 Å². The first-order chi connectivity index (χ1) is 13.5. The number of benzene rings is 1. The molecule has 1 atom stereocenters. The third-order valence-electron chi connectivity index (χ3n) is 5.12. The van der Waals surface area contributed by atoms with Crippen LogP contribution in [0.4, 0.5) is 0 Å². The summed E-state index contributed by atoms with van der Waals surface area (Å²) >= 11 is 6.01. The quantitative estimate of drug-likeness (QED) is 0.743. The lowest BCUT2D eigenvalue weighted by Gasteiger charge is -2.34. The van der Waals surface area contributed by atoms with E-state index in [1.807, 2.05) is 43.0 Å². The summed E-state index contributed by atoms with van der Waals surface area (Å²) in [6.45, 7) is 6.91. The van der Waals surface area contributed by atoms with Gasteiger partial charge in [-0.25, -0.2) is 4.68 Å². The minimum absolute atomic E-state index is 0.132. The third-order valence-corrected chi connectivity index (χ3v) is 5.36. The van der Waals surface area contributed by atoms with Crippen molar-refractivity contribution in [2.45, 2.75) is 33.2 Å². The highest BCUT2D eigenvalue weighted by Crippen LogP contribution is 2.20. The molecule has 1 aromatic carbocycles. The van der Waals surface area contributed by atoms with Crippen LogP contribution in [0.3, 0.4) is 0 Å². The molecule has 0 unspecified atom stereocenters. The molecule has 1 saturated heterocycles. The molecule has 7 nitrogen and oxygen atoms in total. The molecule has 3 rings (SSSR count). The van der Waals surface area contributed by atoms with E-state index in [0.29, 0.717) is 43.4 Å². The van der Waals surface area contributed by atoms with Crippen LogP contribution in [0.15, 0.2) is 30.5 Å². The molecule has 2 heterocycles. The van der Waals surface area contributed by atoms with Gasteiger partial charge in [-0.2, -0.15) is 0 Å². The molecular formula is C20H26ClN5O2. The highest BCUT2D eigenvalue weighted by atomic mass is 35.5. The molecule has 0 spiro atoms. The molecular weight excluding hydrogens is 378 g/mol. The summed E-state index contributed by atoms with van der Waals surface area (Å²) in [5.74, 6) is -0.180. The van der Waals surface area contributed by atoms with Gasteiger partial charge in [-0.15, -0.1) is 5.10 Å². The van der Waals surface area contributed by atoms with Gasteiger partial charge in [0.15, 0.2) is 5.69 Å². The van der Waals surface area contributed by atoms with Crippen molar-refractivity contribution in [3.63, 3.8) is 0 Å². The van der Waals surface area contributed by atoms with E-state index in [1.54, 1.807) is 15.8 Å². The van der Waals surface area contributed by atoms with Crippen LogP contribution in [0.5, 0.6) is 0 Å². The predicted molar refractivity (Wildman–Crippen MR) is 107 cm³/mol. The van der Waals surface area contributed by atoms with Crippen molar-refractivity contribution in [2.24, 2.45) is 5.92 Å². The summed E-state index contributed by atoms with van der Waals surface area (Å²) < 4.78 is 1.63. The van der Waals surface area contributed by atoms with Gasteiger partial charge in [0.25, 0.3) is 5.91 Å². The summed E-state index contributed by atoms with van der Waals surface area (Å²) in [7, 11) is 0. The highest BCUT2D eigenvalue weighted by molar-refractivity contribution is 6.30. The lowest BCUT2D eigenvalue weighted by atomic mass is 9.96. The van der Waals surface area contributed by atoms with Crippen LogP contribution in [0.1, 0.15) is 42.7 Å². The maximum Gasteiger partial charge on any atom is 0.276 e. The van der Waals surface area contributed by atoms with Gasteiger partial charge in [-0.05, 0) is 44.4 Å². The Morgan fingerprint density at radius 2 is 2.07 bits per heavy atom. The first-order valence-corrected chi connectivity index (χ1v) is 10.1. The van der Waals surface area contributed by atoms with Crippen molar-refractivity contribution < 1.29 is 9.59 Å². The summed E-state index contributed by atoms with van der Waals surface area (Å²) in [6, 6.07) is 7.50. The van der Waals surface area contributed by atoms with Gasteiger partial charge in [0, 0.05) is 31.2 Å². The molecule has 0 radical (unpaired) electrons. The molecule has 1 fully saturated rings. The summed E-state index contributed by atoms with van der Waals surface area (Å²) in [5, 5.41) is 8.77. The Bertz CT molecular complexity index is 834. The van der Waals surface area contributed by atoms with Gasteiger partial charge in [0.2, 0.25) is 5.91 Å². The summed E-state index contributed by atoms with van der Waals surface area (Å²) in [5.41, 5.74) is 1.29. The van der Waals surface area contributed by atoms with Crippen LogP contribution in [0.25, 0.3) is 0 Å². The number of halogens is 1. The van der Waals surface area contributed by atoms with E-state index in [2.05, 4.69) is 10.3 Å². The van der Waals surface area contributed by atoms with Crippen LogP contribution >= 0.6 is 11.6 Å². The summed E-state index contributed by atoms with van der Waals surface area (Å²) in [4.78, 5) is 29.1. The molecule has 1 aliphatic rings. The van der Waals surface area contributed by atoms with Crippen LogP contribution < -0.4 is 0 Å². The molecule has 150 valence electrons. The number of nitrogens with zero attached hydrogens (tertiary/aromatic N) is 5. The number of likely N-dealkylation sites (tertiary alicyclic amines) is 1. The maximum atomic E-state index is 12.9. The van der Waals surface area contributed by atoms with Gasteiger partial charge < -0.3 is 9.80 Å². The molecule has 8 heteroatoms. The van der Waals surface area contributed by atoms with Gasteiger partial charge in [-0.3, -0.25) is 9.59 Å². The zero-order chi connectivity index (χ0) is 20.1. The molecule has 2 aromatic rings. The molecule has 0 N–H and O–H groups in total. The number of carbonyl (C=O) groups is 2. The van der Waals surface area contributed by atoms with E-state index in [4.69, 9.17) is 11.6 Å². The van der Waals surface area contributed by atoms with Gasteiger partial charge in [0.1, 0.15) is 0 Å². The molecule has 0 aliphatic carbocycles. The van der Waals surface area contributed by atoms with Gasteiger partial charge >= 0.3 is 0 Å². The second kappa shape index (κ2) is 9.19. The van der Waals surface area contributed by atoms with E-state index in [-0.39, 0.29) is 17.7 Å². The van der Waals surface area contributed by atoms with Gasteiger partial charge in [-0.1, -0.05) is 28.9 Å². The van der Waals surface area contributed by atoms with Crippen LogP contribution in [0.2, 0.25) is 5.02 Å². The Morgan fingerprint density at radius 1 is 1.29 bits per heavy atom. The minimum atomic E-state index is -0.172. The second-order valence-corrected chi connectivity index (χ2v) is 7.47. The fourth-order valence-corrected chi connectivity index (χ4v) is 3.83. The number of carbonyl (C=O) groups excluding carboxylic acids is 2. The Kier molecular flexibility index (Phi) is 6.67. The molecule has 0 bridgehead atoms. The topological polar surface area (TPSA) is 71.3 Å². The maximum absolute atomic E-state index is 12.9. The van der Waals surface area contributed by atoms with E-state index in [9.17, 15) is 9.59 Å².